The molecule has 0 aliphatic heterocycles. The van der Waals surface area contributed by atoms with Crippen molar-refractivity contribution in [2.75, 3.05) is 11.9 Å². The number of aromatic nitrogens is 1. The summed E-state index contributed by atoms with van der Waals surface area (Å²) in [5.74, 6) is -0.834. The maximum atomic E-state index is 12.4. The molecule has 1 N–H and O–H groups in total. The molecule has 0 saturated heterocycles. The van der Waals surface area contributed by atoms with Crippen LogP contribution in [0.3, 0.4) is 0 Å². The van der Waals surface area contributed by atoms with Crippen LogP contribution in [-0.4, -0.2) is 30.0 Å². The molecule has 0 aliphatic rings. The fourth-order valence-electron chi connectivity index (χ4n) is 2.51. The zero-order chi connectivity index (χ0) is 17.1. The molecule has 3 rings (SSSR count). The fourth-order valence-corrected chi connectivity index (χ4v) is 2.51. The van der Waals surface area contributed by atoms with Gasteiger partial charge < -0.3 is 14.6 Å². The van der Waals surface area contributed by atoms with E-state index in [9.17, 15) is 9.59 Å². The van der Waals surface area contributed by atoms with E-state index < -0.39 is 12.1 Å². The normalized spacial score (nSPS) is 11.9. The summed E-state index contributed by atoms with van der Waals surface area (Å²) in [4.78, 5) is 29.2. The highest BCUT2D eigenvalue weighted by Gasteiger charge is 2.23. The van der Waals surface area contributed by atoms with E-state index in [1.165, 1.54) is 4.90 Å². The molecule has 0 unspecified atom stereocenters. The summed E-state index contributed by atoms with van der Waals surface area (Å²) < 4.78 is 5.31. The highest BCUT2D eigenvalue weighted by molar-refractivity contribution is 5.99. The SMILES string of the molecule is C[C@@H](OC(=O)c1cc2ccccc2[nH]1)C(=O)N(C)c1ccccc1. The lowest BCUT2D eigenvalue weighted by atomic mass is 10.2. The van der Waals surface area contributed by atoms with Gasteiger partial charge in [-0.2, -0.15) is 0 Å². The number of rotatable bonds is 4. The van der Waals surface area contributed by atoms with Crippen molar-refractivity contribution in [2.45, 2.75) is 13.0 Å². The van der Waals surface area contributed by atoms with Crippen LogP contribution in [0, 0.1) is 0 Å². The lowest BCUT2D eigenvalue weighted by Gasteiger charge is -2.21. The largest absolute Gasteiger partial charge is 0.448 e. The number of carbonyl (C=O) groups is 2. The number of nitrogens with one attached hydrogen (secondary N) is 1. The highest BCUT2D eigenvalue weighted by Crippen LogP contribution is 2.17. The first-order chi connectivity index (χ1) is 11.6. The van der Waals surface area contributed by atoms with Gasteiger partial charge in [0.1, 0.15) is 5.69 Å². The number of hydrogen-bond donors (Lipinski definition) is 1. The predicted molar refractivity (Wildman–Crippen MR) is 93.0 cm³/mol. The molecule has 0 bridgehead atoms. The molecule has 5 heteroatoms. The number of H-pyrrole nitrogens is 1. The van der Waals surface area contributed by atoms with Crippen LogP contribution in [0.25, 0.3) is 10.9 Å². The molecule has 1 atom stereocenters. The molecule has 1 amide bonds. The number of nitrogens with zero attached hydrogens (tertiary/aromatic N) is 1. The van der Waals surface area contributed by atoms with E-state index >= 15 is 0 Å². The molecule has 122 valence electrons. The van der Waals surface area contributed by atoms with Gasteiger partial charge in [-0.3, -0.25) is 4.79 Å². The maximum Gasteiger partial charge on any atom is 0.355 e. The van der Waals surface area contributed by atoms with Crippen molar-refractivity contribution in [3.63, 3.8) is 0 Å². The topological polar surface area (TPSA) is 62.4 Å². The fraction of sp³-hybridized carbons (Fsp3) is 0.158. The van der Waals surface area contributed by atoms with E-state index in [1.807, 2.05) is 54.6 Å². The molecule has 1 aromatic heterocycles. The average molecular weight is 322 g/mol. The van der Waals surface area contributed by atoms with Gasteiger partial charge in [-0.15, -0.1) is 0 Å². The van der Waals surface area contributed by atoms with Gasteiger partial charge in [-0.05, 0) is 31.2 Å². The van der Waals surface area contributed by atoms with E-state index in [-0.39, 0.29) is 5.91 Å². The minimum absolute atomic E-state index is 0.286. The number of likely N-dealkylation sites (N-methyl/N-ethyl adjacent to an activating group) is 1. The van der Waals surface area contributed by atoms with Crippen molar-refractivity contribution in [1.82, 2.24) is 4.98 Å². The summed E-state index contributed by atoms with van der Waals surface area (Å²) in [6.45, 7) is 1.57. The van der Waals surface area contributed by atoms with E-state index in [1.54, 1.807) is 20.0 Å². The Balaban J connectivity index is 1.70. The zero-order valence-electron chi connectivity index (χ0n) is 13.5. The Morgan fingerprint density at radius 3 is 2.42 bits per heavy atom. The molecular weight excluding hydrogens is 304 g/mol. The molecule has 0 fully saturated rings. The molecular formula is C19H18N2O3. The van der Waals surface area contributed by atoms with Gasteiger partial charge in [0.25, 0.3) is 5.91 Å². The Morgan fingerprint density at radius 1 is 1.04 bits per heavy atom. The number of amides is 1. The van der Waals surface area contributed by atoms with Crippen LogP contribution >= 0.6 is 0 Å². The van der Waals surface area contributed by atoms with Crippen LogP contribution < -0.4 is 4.90 Å². The quantitative estimate of drug-likeness (QED) is 0.749. The van der Waals surface area contributed by atoms with Gasteiger partial charge >= 0.3 is 5.97 Å². The third-order valence-electron chi connectivity index (χ3n) is 3.86. The Bertz CT molecular complexity index is 837. The van der Waals surface area contributed by atoms with Crippen molar-refractivity contribution < 1.29 is 14.3 Å². The number of hydrogen-bond acceptors (Lipinski definition) is 3. The number of aromatic amines is 1. The number of benzene rings is 2. The first kappa shape index (κ1) is 15.8. The number of ether oxygens (including phenoxy) is 1. The van der Waals surface area contributed by atoms with Crippen molar-refractivity contribution in [3.8, 4) is 0 Å². The van der Waals surface area contributed by atoms with Crippen LogP contribution in [0.2, 0.25) is 0 Å². The summed E-state index contributed by atoms with van der Waals surface area (Å²) in [5, 5.41) is 0.921. The van der Waals surface area contributed by atoms with Gasteiger partial charge in [0.2, 0.25) is 0 Å². The van der Waals surface area contributed by atoms with Gasteiger partial charge in [0, 0.05) is 23.6 Å². The van der Waals surface area contributed by atoms with Crippen LogP contribution in [0.1, 0.15) is 17.4 Å². The van der Waals surface area contributed by atoms with Crippen LogP contribution in [-0.2, 0) is 9.53 Å². The predicted octanol–water partition coefficient (Wildman–Crippen LogP) is 3.38. The second kappa shape index (κ2) is 6.58. The summed E-state index contributed by atoms with van der Waals surface area (Å²) >= 11 is 0. The number of anilines is 1. The summed E-state index contributed by atoms with van der Waals surface area (Å²) in [6, 6.07) is 18.5. The van der Waals surface area contributed by atoms with Gasteiger partial charge in [-0.1, -0.05) is 36.4 Å². The molecule has 24 heavy (non-hydrogen) atoms. The number of carbonyl (C=O) groups excluding carboxylic acids is 2. The molecule has 3 aromatic rings. The van der Waals surface area contributed by atoms with Crippen molar-refractivity contribution >= 4 is 28.5 Å². The van der Waals surface area contributed by atoms with E-state index in [0.717, 1.165) is 16.6 Å². The Morgan fingerprint density at radius 2 is 1.71 bits per heavy atom. The average Bonchev–Trinajstić information content (AvgIpc) is 3.05. The third kappa shape index (κ3) is 3.15. The second-order valence-corrected chi connectivity index (χ2v) is 5.55. The Kier molecular flexibility index (Phi) is 4.33. The minimum atomic E-state index is -0.880. The van der Waals surface area contributed by atoms with Gasteiger partial charge in [-0.25, -0.2) is 4.79 Å². The van der Waals surface area contributed by atoms with E-state index in [4.69, 9.17) is 4.74 Å². The molecule has 2 aromatic carbocycles. The van der Waals surface area contributed by atoms with Crippen molar-refractivity contribution in [3.05, 3.63) is 66.4 Å². The van der Waals surface area contributed by atoms with Crippen LogP contribution in [0.4, 0.5) is 5.69 Å². The Hall–Kier alpha value is -3.08. The zero-order valence-corrected chi connectivity index (χ0v) is 13.5. The second-order valence-electron chi connectivity index (χ2n) is 5.55. The summed E-state index contributed by atoms with van der Waals surface area (Å²) in [7, 11) is 1.66. The first-order valence-electron chi connectivity index (χ1n) is 7.67. The summed E-state index contributed by atoms with van der Waals surface area (Å²) in [5.41, 5.74) is 1.93. The molecule has 5 nitrogen and oxygen atoms in total. The summed E-state index contributed by atoms with van der Waals surface area (Å²) in [6.07, 6.45) is -0.880. The van der Waals surface area contributed by atoms with Crippen molar-refractivity contribution in [1.29, 1.82) is 0 Å². The van der Waals surface area contributed by atoms with Crippen LogP contribution in [0.5, 0.6) is 0 Å². The lowest BCUT2D eigenvalue weighted by Crippen LogP contribution is -2.37. The Labute approximate surface area is 139 Å². The molecule has 0 spiro atoms. The van der Waals surface area contributed by atoms with Crippen LogP contribution in [0.15, 0.2) is 60.7 Å². The van der Waals surface area contributed by atoms with Gasteiger partial charge in [0.05, 0.1) is 0 Å². The highest BCUT2D eigenvalue weighted by atomic mass is 16.5. The molecule has 1 heterocycles. The standard InChI is InChI=1S/C19H18N2O3/c1-13(18(22)21(2)15-9-4-3-5-10-15)24-19(23)17-12-14-8-6-7-11-16(14)20-17/h3-13,20H,1-2H3/t13-/m1/s1. The smallest absolute Gasteiger partial charge is 0.355 e. The van der Waals surface area contributed by atoms with Crippen molar-refractivity contribution in [2.24, 2.45) is 0 Å². The first-order valence-corrected chi connectivity index (χ1v) is 7.67. The number of esters is 1. The number of para-hydroxylation sites is 2. The van der Waals surface area contributed by atoms with Gasteiger partial charge in [0.15, 0.2) is 6.10 Å². The monoisotopic (exact) mass is 322 g/mol. The minimum Gasteiger partial charge on any atom is -0.448 e. The molecule has 0 saturated carbocycles. The maximum absolute atomic E-state index is 12.4. The third-order valence-corrected chi connectivity index (χ3v) is 3.86. The molecule has 0 radical (unpaired) electrons. The number of fused-ring (bicyclic) bond motifs is 1. The lowest BCUT2D eigenvalue weighted by molar-refractivity contribution is -0.126. The van der Waals surface area contributed by atoms with E-state index in [0.29, 0.717) is 5.69 Å². The van der Waals surface area contributed by atoms with E-state index in [2.05, 4.69) is 4.98 Å². The molecule has 0 aliphatic carbocycles.